The van der Waals surface area contributed by atoms with E-state index in [4.69, 9.17) is 16.9 Å². The molecule has 4 heteroatoms. The van der Waals surface area contributed by atoms with Crippen LogP contribution in [0.3, 0.4) is 0 Å². The Balaban J connectivity index is 1.79. The van der Waals surface area contributed by atoms with Crippen molar-refractivity contribution in [3.63, 3.8) is 0 Å². The summed E-state index contributed by atoms with van der Waals surface area (Å²) in [5.74, 6) is 0. The van der Waals surface area contributed by atoms with Crippen LogP contribution in [0.15, 0.2) is 82.6 Å². The van der Waals surface area contributed by atoms with Crippen molar-refractivity contribution in [2.75, 3.05) is 0 Å². The second-order valence-electron chi connectivity index (χ2n) is 6.73. The molecule has 4 aromatic rings. The molecule has 0 amide bonds. The maximum atomic E-state index is 8.98. The molecule has 3 aromatic carbocycles. The Labute approximate surface area is 174 Å². The summed E-state index contributed by atoms with van der Waals surface area (Å²) < 4.78 is 2.33. The Kier molecular flexibility index (Phi) is 5.43. The van der Waals surface area contributed by atoms with Crippen molar-refractivity contribution in [2.45, 2.75) is 29.7 Å². The second kappa shape index (κ2) is 8.14. The van der Waals surface area contributed by atoms with Crippen molar-refractivity contribution in [3.8, 4) is 6.07 Å². The monoisotopic (exact) mass is 402 g/mol. The molecule has 4 rings (SSSR count). The van der Waals surface area contributed by atoms with Gasteiger partial charge >= 0.3 is 0 Å². The van der Waals surface area contributed by atoms with Gasteiger partial charge in [0.15, 0.2) is 0 Å². The van der Waals surface area contributed by atoms with Gasteiger partial charge in [-0.1, -0.05) is 71.9 Å². The Bertz CT molecular complexity index is 1170. The molecule has 0 aliphatic rings. The van der Waals surface area contributed by atoms with Crippen LogP contribution in [0.4, 0.5) is 0 Å². The molecule has 0 aliphatic carbocycles. The number of aromatic nitrogens is 1. The van der Waals surface area contributed by atoms with Gasteiger partial charge in [-0.25, -0.2) is 0 Å². The smallest absolute Gasteiger partial charge is 0.0669 e. The summed E-state index contributed by atoms with van der Waals surface area (Å²) in [7, 11) is 0. The van der Waals surface area contributed by atoms with Gasteiger partial charge in [0.1, 0.15) is 0 Å². The van der Waals surface area contributed by atoms with Crippen LogP contribution in [0.1, 0.15) is 16.8 Å². The number of rotatable bonds is 5. The molecule has 0 atom stereocenters. The quantitative estimate of drug-likeness (QED) is 0.364. The summed E-state index contributed by atoms with van der Waals surface area (Å²) >= 11 is 8.07. The predicted octanol–water partition coefficient (Wildman–Crippen LogP) is 6.87. The van der Waals surface area contributed by atoms with Gasteiger partial charge in [-0.2, -0.15) is 5.26 Å². The van der Waals surface area contributed by atoms with Gasteiger partial charge < -0.3 is 4.57 Å². The zero-order valence-corrected chi connectivity index (χ0v) is 17.1. The van der Waals surface area contributed by atoms with Crippen LogP contribution in [0, 0.1) is 18.3 Å². The Morgan fingerprint density at radius 1 is 0.964 bits per heavy atom. The summed E-state index contributed by atoms with van der Waals surface area (Å²) in [6, 6.07) is 27.0. The van der Waals surface area contributed by atoms with E-state index in [1.807, 2.05) is 30.3 Å². The van der Waals surface area contributed by atoms with E-state index in [1.165, 1.54) is 21.5 Å². The molecule has 0 saturated carbocycles. The van der Waals surface area contributed by atoms with Gasteiger partial charge in [0.05, 0.1) is 18.0 Å². The molecule has 138 valence electrons. The maximum absolute atomic E-state index is 8.98. The van der Waals surface area contributed by atoms with Gasteiger partial charge in [-0.05, 0) is 42.3 Å². The fourth-order valence-electron chi connectivity index (χ4n) is 3.44. The van der Waals surface area contributed by atoms with Crippen LogP contribution in [0.5, 0.6) is 0 Å². The number of nitrogens with zero attached hydrogens (tertiary/aromatic N) is 2. The molecule has 0 spiro atoms. The number of benzene rings is 3. The van der Waals surface area contributed by atoms with Crippen LogP contribution in [0.2, 0.25) is 5.02 Å². The summed E-state index contributed by atoms with van der Waals surface area (Å²) in [4.78, 5) is 2.38. The van der Waals surface area contributed by atoms with Crippen LogP contribution < -0.4 is 0 Å². The van der Waals surface area contributed by atoms with Gasteiger partial charge in [0.25, 0.3) is 0 Å². The molecule has 0 unspecified atom stereocenters. The first-order valence-electron chi connectivity index (χ1n) is 9.12. The first kappa shape index (κ1) is 18.7. The maximum Gasteiger partial charge on any atom is 0.0669 e. The molecule has 1 heterocycles. The number of halogens is 1. The van der Waals surface area contributed by atoms with Crippen LogP contribution in [-0.2, 0) is 13.0 Å². The zero-order valence-electron chi connectivity index (χ0n) is 15.5. The van der Waals surface area contributed by atoms with Crippen molar-refractivity contribution in [2.24, 2.45) is 0 Å². The average molecular weight is 403 g/mol. The Hall–Kier alpha value is -2.67. The lowest BCUT2D eigenvalue weighted by molar-refractivity contribution is 0.794. The number of hydrogen-bond acceptors (Lipinski definition) is 2. The van der Waals surface area contributed by atoms with E-state index in [9.17, 15) is 0 Å². The number of fused-ring (bicyclic) bond motifs is 1. The van der Waals surface area contributed by atoms with E-state index >= 15 is 0 Å². The SMILES string of the molecule is Cc1c(Sc2cccc(CC#N)c2)c2ccc(Cl)cc2n1Cc1ccccc1. The highest BCUT2D eigenvalue weighted by molar-refractivity contribution is 7.99. The minimum Gasteiger partial charge on any atom is -0.339 e. The summed E-state index contributed by atoms with van der Waals surface area (Å²) in [6.07, 6.45) is 0.429. The molecule has 0 aliphatic heterocycles. The van der Waals surface area contributed by atoms with Crippen molar-refractivity contribution >= 4 is 34.3 Å². The highest BCUT2D eigenvalue weighted by Crippen LogP contribution is 2.39. The fourth-order valence-corrected chi connectivity index (χ4v) is 4.74. The molecule has 2 nitrogen and oxygen atoms in total. The zero-order chi connectivity index (χ0) is 19.5. The van der Waals surface area contributed by atoms with Crippen LogP contribution >= 0.6 is 23.4 Å². The molecule has 0 bridgehead atoms. The molecule has 0 saturated heterocycles. The third-order valence-electron chi connectivity index (χ3n) is 4.81. The lowest BCUT2D eigenvalue weighted by atomic mass is 10.2. The van der Waals surface area contributed by atoms with Gasteiger partial charge in [0.2, 0.25) is 0 Å². The van der Waals surface area contributed by atoms with Crippen LogP contribution in [0.25, 0.3) is 10.9 Å². The van der Waals surface area contributed by atoms with Gasteiger partial charge in [0, 0.05) is 32.4 Å². The minimum absolute atomic E-state index is 0.429. The Morgan fingerprint density at radius 2 is 1.75 bits per heavy atom. The topological polar surface area (TPSA) is 28.7 Å². The first-order valence-corrected chi connectivity index (χ1v) is 10.3. The second-order valence-corrected chi connectivity index (χ2v) is 8.25. The summed E-state index contributed by atoms with van der Waals surface area (Å²) in [6.45, 7) is 2.97. The van der Waals surface area contributed by atoms with Crippen LogP contribution in [-0.4, -0.2) is 4.57 Å². The molecular formula is C24H19ClN2S. The minimum atomic E-state index is 0.429. The standard InChI is InChI=1S/C24H19ClN2S/c1-17-24(28-21-9-5-8-18(14-21)12-13-26)22-11-10-20(25)15-23(22)27(17)16-19-6-3-2-4-7-19/h2-11,14-15H,12,16H2,1H3. The van der Waals surface area contributed by atoms with Crippen molar-refractivity contribution in [1.29, 1.82) is 5.26 Å². The first-order chi connectivity index (χ1) is 13.7. The molecule has 0 fully saturated rings. The van der Waals surface area contributed by atoms with E-state index in [0.29, 0.717) is 6.42 Å². The van der Waals surface area contributed by atoms with Gasteiger partial charge in [-0.3, -0.25) is 0 Å². The highest BCUT2D eigenvalue weighted by atomic mass is 35.5. The van der Waals surface area contributed by atoms with Crippen molar-refractivity contribution in [1.82, 2.24) is 4.57 Å². The van der Waals surface area contributed by atoms with Crippen molar-refractivity contribution < 1.29 is 0 Å². The Morgan fingerprint density at radius 3 is 2.54 bits per heavy atom. The van der Waals surface area contributed by atoms with E-state index in [0.717, 1.165) is 27.5 Å². The molecule has 28 heavy (non-hydrogen) atoms. The fraction of sp³-hybridized carbons (Fsp3) is 0.125. The molecule has 0 radical (unpaired) electrons. The van der Waals surface area contributed by atoms with E-state index in [1.54, 1.807) is 11.8 Å². The number of hydrogen-bond donors (Lipinski definition) is 0. The summed E-state index contributed by atoms with van der Waals surface area (Å²) in [5.41, 5.74) is 4.66. The number of nitriles is 1. The third kappa shape index (κ3) is 3.80. The normalized spacial score (nSPS) is 10.9. The highest BCUT2D eigenvalue weighted by Gasteiger charge is 2.16. The molecule has 1 aromatic heterocycles. The lowest BCUT2D eigenvalue weighted by Crippen LogP contribution is -2.01. The van der Waals surface area contributed by atoms with Crippen molar-refractivity contribution in [3.05, 3.63) is 94.6 Å². The molecular weight excluding hydrogens is 384 g/mol. The largest absolute Gasteiger partial charge is 0.339 e. The van der Waals surface area contributed by atoms with Gasteiger partial charge in [-0.15, -0.1) is 0 Å². The van der Waals surface area contributed by atoms with E-state index < -0.39 is 0 Å². The molecule has 0 N–H and O–H groups in total. The van der Waals surface area contributed by atoms with E-state index in [-0.39, 0.29) is 0 Å². The third-order valence-corrected chi connectivity index (χ3v) is 6.26. The average Bonchev–Trinajstić information content (AvgIpc) is 2.95. The lowest BCUT2D eigenvalue weighted by Gasteiger charge is -2.09. The predicted molar refractivity (Wildman–Crippen MR) is 117 cm³/mol. The summed E-state index contributed by atoms with van der Waals surface area (Å²) in [5, 5.41) is 10.9. The van der Waals surface area contributed by atoms with E-state index in [2.05, 4.69) is 60.0 Å².